The van der Waals surface area contributed by atoms with Gasteiger partial charge in [0, 0.05) is 44.5 Å². The van der Waals surface area contributed by atoms with Crippen molar-refractivity contribution in [3.05, 3.63) is 0 Å². The van der Waals surface area contributed by atoms with Crippen molar-refractivity contribution in [1.82, 2.24) is 9.80 Å². The second kappa shape index (κ2) is 6.90. The minimum absolute atomic E-state index is 0.216. The molecule has 18 heavy (non-hydrogen) atoms. The number of carbonyl (C=O) groups excluding carboxylic acids is 1. The van der Waals surface area contributed by atoms with Crippen LogP contribution in [0.1, 0.15) is 34.1 Å². The predicted octanol–water partition coefficient (Wildman–Crippen LogP) is 2.60. The van der Waals surface area contributed by atoms with E-state index in [1.807, 2.05) is 4.90 Å². The van der Waals surface area contributed by atoms with E-state index in [2.05, 4.69) is 48.5 Å². The molecule has 1 unspecified atom stereocenters. The van der Waals surface area contributed by atoms with Gasteiger partial charge >= 0.3 is 0 Å². The Labute approximate surface area is 120 Å². The van der Waals surface area contributed by atoms with Crippen molar-refractivity contribution in [2.75, 3.05) is 38.1 Å². The summed E-state index contributed by atoms with van der Waals surface area (Å²) < 4.78 is 0. The van der Waals surface area contributed by atoms with Gasteiger partial charge in [0.1, 0.15) is 0 Å². The van der Waals surface area contributed by atoms with Gasteiger partial charge < -0.3 is 4.90 Å². The molecule has 0 N–H and O–H groups in total. The Kier molecular flexibility index (Phi) is 6.12. The van der Waals surface area contributed by atoms with Gasteiger partial charge in [-0.25, -0.2) is 0 Å². The van der Waals surface area contributed by atoms with Crippen molar-refractivity contribution in [3.63, 3.8) is 0 Å². The average molecular weight is 319 g/mol. The van der Waals surface area contributed by atoms with E-state index in [1.54, 1.807) is 0 Å². The van der Waals surface area contributed by atoms with E-state index in [9.17, 15) is 4.79 Å². The number of alkyl halides is 1. The molecule has 0 radical (unpaired) electrons. The smallest absolute Gasteiger partial charge is 0.222 e. The lowest BCUT2D eigenvalue weighted by Gasteiger charge is -2.36. The van der Waals surface area contributed by atoms with Crippen LogP contribution in [0.4, 0.5) is 0 Å². The van der Waals surface area contributed by atoms with Crippen molar-refractivity contribution in [3.8, 4) is 0 Å². The molecule has 1 aliphatic rings. The summed E-state index contributed by atoms with van der Waals surface area (Å²) in [6.45, 7) is 13.7. The number of carbonyl (C=O) groups is 1. The molecule has 0 aliphatic carbocycles. The first-order valence-electron chi connectivity index (χ1n) is 6.90. The summed E-state index contributed by atoms with van der Waals surface area (Å²) in [5.41, 5.74) is 0.216. The second-order valence-electron chi connectivity index (χ2n) is 6.38. The maximum Gasteiger partial charge on any atom is 0.222 e. The Bertz CT molecular complexity index is 267. The number of hydrogen-bond donors (Lipinski definition) is 0. The van der Waals surface area contributed by atoms with Crippen molar-refractivity contribution in [2.45, 2.75) is 34.1 Å². The van der Waals surface area contributed by atoms with Crippen LogP contribution in [-0.2, 0) is 4.79 Å². The molecule has 1 aliphatic heterocycles. The number of piperazine rings is 1. The molecular formula is C14H27BrN2O. The maximum absolute atomic E-state index is 12.2. The molecule has 0 aromatic carbocycles. The molecular weight excluding hydrogens is 292 g/mol. The zero-order valence-corrected chi connectivity index (χ0v) is 13.8. The second-order valence-corrected chi connectivity index (χ2v) is 7.18. The Morgan fingerprint density at radius 1 is 1.22 bits per heavy atom. The maximum atomic E-state index is 12.2. The number of amides is 1. The van der Waals surface area contributed by atoms with E-state index >= 15 is 0 Å². The van der Waals surface area contributed by atoms with E-state index in [-0.39, 0.29) is 5.41 Å². The van der Waals surface area contributed by atoms with Crippen LogP contribution in [0.15, 0.2) is 0 Å². The lowest BCUT2D eigenvalue weighted by Crippen LogP contribution is -2.49. The van der Waals surface area contributed by atoms with Gasteiger partial charge in [0.05, 0.1) is 0 Å². The third-order valence-electron chi connectivity index (χ3n) is 4.08. The fourth-order valence-electron chi connectivity index (χ4n) is 2.04. The van der Waals surface area contributed by atoms with Gasteiger partial charge in [-0.2, -0.15) is 0 Å². The van der Waals surface area contributed by atoms with Crippen LogP contribution in [0.2, 0.25) is 0 Å². The van der Waals surface area contributed by atoms with Crippen LogP contribution >= 0.6 is 15.9 Å². The molecule has 4 heteroatoms. The highest BCUT2D eigenvalue weighted by Crippen LogP contribution is 2.28. The fourth-order valence-corrected chi connectivity index (χ4v) is 2.54. The van der Waals surface area contributed by atoms with Crippen LogP contribution < -0.4 is 0 Å². The fraction of sp³-hybridized carbons (Fsp3) is 0.929. The zero-order chi connectivity index (χ0) is 13.8. The number of nitrogens with zero attached hydrogens (tertiary/aromatic N) is 2. The summed E-state index contributed by atoms with van der Waals surface area (Å²) in [5, 5.41) is 1.02. The summed E-state index contributed by atoms with van der Waals surface area (Å²) in [6.07, 6.45) is 0.682. The summed E-state index contributed by atoms with van der Waals surface area (Å²) in [6, 6.07) is 0. The lowest BCUT2D eigenvalue weighted by atomic mass is 9.80. The van der Waals surface area contributed by atoms with Gasteiger partial charge in [-0.1, -0.05) is 43.6 Å². The molecule has 0 saturated carbocycles. The molecule has 3 nitrogen and oxygen atoms in total. The number of rotatable bonds is 4. The standard InChI is InChI=1S/C14H27BrN2O/c1-12(14(2,3)4)11-13(18)17-9-7-16(6-5-15)8-10-17/h12H,5-11H2,1-4H3. The van der Waals surface area contributed by atoms with E-state index in [1.165, 1.54) is 0 Å². The highest BCUT2D eigenvalue weighted by atomic mass is 79.9. The summed E-state index contributed by atoms with van der Waals surface area (Å²) in [7, 11) is 0. The Morgan fingerprint density at radius 2 is 1.78 bits per heavy atom. The lowest BCUT2D eigenvalue weighted by molar-refractivity contribution is -0.134. The van der Waals surface area contributed by atoms with Gasteiger partial charge in [-0.3, -0.25) is 9.69 Å². The largest absolute Gasteiger partial charge is 0.340 e. The third-order valence-corrected chi connectivity index (χ3v) is 4.44. The molecule has 1 fully saturated rings. The summed E-state index contributed by atoms with van der Waals surface area (Å²) in [5.74, 6) is 0.765. The predicted molar refractivity (Wildman–Crippen MR) is 80.1 cm³/mol. The van der Waals surface area contributed by atoms with E-state index in [4.69, 9.17) is 0 Å². The normalized spacial score (nSPS) is 19.9. The van der Waals surface area contributed by atoms with Crippen LogP contribution in [0.3, 0.4) is 0 Å². The van der Waals surface area contributed by atoms with Gasteiger partial charge in [0.15, 0.2) is 0 Å². The molecule has 0 spiro atoms. The van der Waals surface area contributed by atoms with Crippen LogP contribution in [0.5, 0.6) is 0 Å². The first-order chi connectivity index (χ1) is 8.34. The van der Waals surface area contributed by atoms with Crippen molar-refractivity contribution in [2.24, 2.45) is 11.3 Å². The summed E-state index contributed by atoms with van der Waals surface area (Å²) in [4.78, 5) is 16.7. The molecule has 0 bridgehead atoms. The number of hydrogen-bond acceptors (Lipinski definition) is 2. The van der Waals surface area contributed by atoms with Crippen molar-refractivity contribution < 1.29 is 4.79 Å². The first-order valence-corrected chi connectivity index (χ1v) is 8.03. The highest BCUT2D eigenvalue weighted by Gasteiger charge is 2.26. The van der Waals surface area contributed by atoms with E-state index < -0.39 is 0 Å². The molecule has 0 aromatic heterocycles. The van der Waals surface area contributed by atoms with Crippen LogP contribution in [-0.4, -0.2) is 53.8 Å². The van der Waals surface area contributed by atoms with Gasteiger partial charge in [-0.05, 0) is 11.3 Å². The Balaban J connectivity index is 2.36. The van der Waals surface area contributed by atoms with E-state index in [0.717, 1.165) is 38.1 Å². The topological polar surface area (TPSA) is 23.6 Å². The van der Waals surface area contributed by atoms with Gasteiger partial charge in [-0.15, -0.1) is 0 Å². The van der Waals surface area contributed by atoms with Gasteiger partial charge in [0.2, 0.25) is 5.91 Å². The molecule has 1 saturated heterocycles. The van der Waals surface area contributed by atoms with Crippen molar-refractivity contribution in [1.29, 1.82) is 0 Å². The quantitative estimate of drug-likeness (QED) is 0.744. The molecule has 1 heterocycles. The van der Waals surface area contributed by atoms with Crippen LogP contribution in [0.25, 0.3) is 0 Å². The summed E-state index contributed by atoms with van der Waals surface area (Å²) >= 11 is 3.46. The Hall–Kier alpha value is -0.0900. The minimum Gasteiger partial charge on any atom is -0.340 e. The molecule has 0 aromatic rings. The SMILES string of the molecule is CC(CC(=O)N1CCN(CCBr)CC1)C(C)(C)C. The molecule has 1 atom stereocenters. The van der Waals surface area contributed by atoms with Crippen molar-refractivity contribution >= 4 is 21.8 Å². The minimum atomic E-state index is 0.216. The third kappa shape index (κ3) is 4.88. The average Bonchev–Trinajstić information content (AvgIpc) is 2.29. The molecule has 106 valence electrons. The van der Waals surface area contributed by atoms with E-state index in [0.29, 0.717) is 18.2 Å². The van der Waals surface area contributed by atoms with Crippen LogP contribution in [0, 0.1) is 11.3 Å². The molecule has 1 rings (SSSR count). The van der Waals surface area contributed by atoms with Gasteiger partial charge in [0.25, 0.3) is 0 Å². The highest BCUT2D eigenvalue weighted by molar-refractivity contribution is 9.09. The first kappa shape index (κ1) is 16.0. The number of halogens is 1. The zero-order valence-electron chi connectivity index (χ0n) is 12.2. The monoisotopic (exact) mass is 318 g/mol. The molecule has 1 amide bonds. The Morgan fingerprint density at radius 3 is 2.22 bits per heavy atom.